The smallest absolute Gasteiger partial charge is 0.330 e. The molecular formula is C13H15NO3. The van der Waals surface area contributed by atoms with Crippen LogP contribution in [0.3, 0.4) is 0 Å². The number of hydrogen-bond acceptors (Lipinski definition) is 4. The largest absolute Gasteiger partial charge is 0.488 e. The molecule has 0 aliphatic carbocycles. The molecule has 0 bridgehead atoms. The zero-order valence-corrected chi connectivity index (χ0v) is 9.68. The molecule has 4 nitrogen and oxygen atoms in total. The van der Waals surface area contributed by atoms with Gasteiger partial charge in [-0.3, -0.25) is 0 Å². The zero-order chi connectivity index (χ0) is 12.1. The number of esters is 1. The van der Waals surface area contributed by atoms with E-state index in [2.05, 4.69) is 10.1 Å². The van der Waals surface area contributed by atoms with Gasteiger partial charge in [0, 0.05) is 19.2 Å². The Morgan fingerprint density at radius 2 is 2.06 bits per heavy atom. The van der Waals surface area contributed by atoms with E-state index in [0.717, 1.165) is 24.4 Å². The van der Waals surface area contributed by atoms with Gasteiger partial charge in [0.2, 0.25) is 0 Å². The van der Waals surface area contributed by atoms with Gasteiger partial charge in [-0.05, 0) is 23.8 Å². The molecule has 0 spiro atoms. The van der Waals surface area contributed by atoms with Gasteiger partial charge in [-0.15, -0.1) is 0 Å². The Hall–Kier alpha value is -1.81. The summed E-state index contributed by atoms with van der Waals surface area (Å²) in [5.41, 5.74) is 0.939. The first kappa shape index (κ1) is 11.7. The van der Waals surface area contributed by atoms with Crippen molar-refractivity contribution < 1.29 is 14.3 Å². The van der Waals surface area contributed by atoms with E-state index in [-0.39, 0.29) is 12.1 Å². The highest BCUT2D eigenvalue weighted by Crippen LogP contribution is 2.15. The lowest BCUT2D eigenvalue weighted by molar-refractivity contribution is -0.134. The van der Waals surface area contributed by atoms with Crippen molar-refractivity contribution in [2.24, 2.45) is 0 Å². The van der Waals surface area contributed by atoms with Crippen molar-refractivity contribution in [2.75, 3.05) is 20.2 Å². The first-order valence-electron chi connectivity index (χ1n) is 5.51. The molecule has 90 valence electrons. The Balaban J connectivity index is 1.92. The minimum absolute atomic E-state index is 0.284. The van der Waals surface area contributed by atoms with E-state index < -0.39 is 0 Å². The number of nitrogens with one attached hydrogen (secondary N) is 1. The number of benzene rings is 1. The predicted molar refractivity (Wildman–Crippen MR) is 64.8 cm³/mol. The normalized spacial score (nSPS) is 15.6. The third-order valence-electron chi connectivity index (χ3n) is 2.54. The molecule has 1 fully saturated rings. The van der Waals surface area contributed by atoms with Crippen molar-refractivity contribution >= 4 is 12.0 Å². The number of hydrogen-bond donors (Lipinski definition) is 1. The van der Waals surface area contributed by atoms with Gasteiger partial charge in [-0.1, -0.05) is 12.1 Å². The number of carbonyl (C=O) groups is 1. The molecule has 0 saturated carbocycles. The van der Waals surface area contributed by atoms with Crippen molar-refractivity contribution in [3.63, 3.8) is 0 Å². The third-order valence-corrected chi connectivity index (χ3v) is 2.54. The molecule has 1 aliphatic rings. The lowest BCUT2D eigenvalue weighted by Crippen LogP contribution is -2.50. The van der Waals surface area contributed by atoms with Crippen LogP contribution in [0.1, 0.15) is 5.56 Å². The second kappa shape index (κ2) is 5.50. The number of ether oxygens (including phenoxy) is 2. The van der Waals surface area contributed by atoms with E-state index in [0.29, 0.717) is 0 Å². The van der Waals surface area contributed by atoms with Crippen molar-refractivity contribution in [3.05, 3.63) is 35.9 Å². The van der Waals surface area contributed by atoms with E-state index in [9.17, 15) is 4.79 Å². The van der Waals surface area contributed by atoms with Gasteiger partial charge < -0.3 is 14.8 Å². The number of methoxy groups -OCH3 is 1. The molecule has 1 saturated heterocycles. The van der Waals surface area contributed by atoms with E-state index in [1.807, 2.05) is 24.3 Å². The fraction of sp³-hybridized carbons (Fsp3) is 0.308. The molecule has 1 heterocycles. The van der Waals surface area contributed by atoms with Gasteiger partial charge in [0.15, 0.2) is 0 Å². The molecule has 2 rings (SSSR count). The Morgan fingerprint density at radius 3 is 2.59 bits per heavy atom. The highest BCUT2D eigenvalue weighted by molar-refractivity contribution is 5.86. The van der Waals surface area contributed by atoms with Crippen LogP contribution in [0.2, 0.25) is 0 Å². The standard InChI is InChI=1S/C13H15NO3/c1-16-13(15)7-4-10-2-5-11(6-3-10)17-12-8-14-9-12/h2-7,12,14H,8-9H2,1H3/b7-4+. The van der Waals surface area contributed by atoms with Crippen LogP contribution in [0.15, 0.2) is 30.3 Å². The average Bonchev–Trinajstić information content (AvgIpc) is 2.32. The second-order valence-electron chi connectivity index (χ2n) is 3.82. The van der Waals surface area contributed by atoms with Gasteiger partial charge in [0.25, 0.3) is 0 Å². The summed E-state index contributed by atoms with van der Waals surface area (Å²) in [6.45, 7) is 1.81. The summed E-state index contributed by atoms with van der Waals surface area (Å²) in [6, 6.07) is 7.60. The molecule has 4 heteroatoms. The van der Waals surface area contributed by atoms with Gasteiger partial charge >= 0.3 is 5.97 Å². The van der Waals surface area contributed by atoms with Crippen LogP contribution in [0.25, 0.3) is 6.08 Å². The summed E-state index contributed by atoms with van der Waals surface area (Å²) in [5.74, 6) is 0.498. The Morgan fingerprint density at radius 1 is 1.35 bits per heavy atom. The summed E-state index contributed by atoms with van der Waals surface area (Å²) < 4.78 is 10.2. The first-order valence-corrected chi connectivity index (χ1v) is 5.51. The molecule has 0 radical (unpaired) electrons. The van der Waals surface area contributed by atoms with Crippen LogP contribution in [0.5, 0.6) is 5.75 Å². The molecule has 17 heavy (non-hydrogen) atoms. The summed E-state index contributed by atoms with van der Waals surface area (Å²) in [4.78, 5) is 10.9. The molecule has 0 atom stereocenters. The minimum Gasteiger partial charge on any atom is -0.488 e. The molecule has 1 aromatic carbocycles. The van der Waals surface area contributed by atoms with Crippen LogP contribution in [0.4, 0.5) is 0 Å². The quantitative estimate of drug-likeness (QED) is 0.627. The molecule has 1 aromatic rings. The SMILES string of the molecule is COC(=O)/C=C/c1ccc(OC2CNC2)cc1. The maximum atomic E-state index is 10.9. The van der Waals surface area contributed by atoms with Crippen LogP contribution in [0, 0.1) is 0 Å². The predicted octanol–water partition coefficient (Wildman–Crippen LogP) is 1.22. The molecule has 1 aliphatic heterocycles. The first-order chi connectivity index (χ1) is 8.28. The van der Waals surface area contributed by atoms with Gasteiger partial charge in [0.05, 0.1) is 7.11 Å². The Kier molecular flexibility index (Phi) is 3.77. The lowest BCUT2D eigenvalue weighted by atomic mass is 10.2. The fourth-order valence-electron chi connectivity index (χ4n) is 1.43. The van der Waals surface area contributed by atoms with Gasteiger partial charge in [-0.25, -0.2) is 4.79 Å². The number of rotatable bonds is 4. The fourth-order valence-corrected chi connectivity index (χ4v) is 1.43. The summed E-state index contributed by atoms with van der Waals surface area (Å²) in [6.07, 6.45) is 3.39. The molecule has 0 unspecified atom stereocenters. The maximum Gasteiger partial charge on any atom is 0.330 e. The topological polar surface area (TPSA) is 47.6 Å². The molecule has 0 aromatic heterocycles. The van der Waals surface area contributed by atoms with Crippen LogP contribution >= 0.6 is 0 Å². The van der Waals surface area contributed by atoms with E-state index in [4.69, 9.17) is 4.74 Å². The Labute approximate surface area is 100 Å². The Bertz CT molecular complexity index is 407. The van der Waals surface area contributed by atoms with Crippen molar-refractivity contribution in [1.29, 1.82) is 0 Å². The second-order valence-corrected chi connectivity index (χ2v) is 3.82. The molecule has 1 N–H and O–H groups in total. The van der Waals surface area contributed by atoms with Crippen molar-refractivity contribution in [2.45, 2.75) is 6.10 Å². The van der Waals surface area contributed by atoms with E-state index >= 15 is 0 Å². The zero-order valence-electron chi connectivity index (χ0n) is 9.68. The molecular weight excluding hydrogens is 218 g/mol. The monoisotopic (exact) mass is 233 g/mol. The third kappa shape index (κ3) is 3.32. The maximum absolute atomic E-state index is 10.9. The van der Waals surface area contributed by atoms with Crippen molar-refractivity contribution in [3.8, 4) is 5.75 Å². The van der Waals surface area contributed by atoms with E-state index in [1.54, 1.807) is 6.08 Å². The van der Waals surface area contributed by atoms with Crippen LogP contribution < -0.4 is 10.1 Å². The lowest BCUT2D eigenvalue weighted by Gasteiger charge is -2.27. The summed E-state index contributed by atoms with van der Waals surface area (Å²) in [7, 11) is 1.36. The minimum atomic E-state index is -0.356. The highest BCUT2D eigenvalue weighted by atomic mass is 16.5. The average molecular weight is 233 g/mol. The summed E-state index contributed by atoms with van der Waals surface area (Å²) >= 11 is 0. The van der Waals surface area contributed by atoms with Crippen molar-refractivity contribution in [1.82, 2.24) is 5.32 Å². The summed E-state index contributed by atoms with van der Waals surface area (Å²) in [5, 5.41) is 3.14. The van der Waals surface area contributed by atoms with Crippen LogP contribution in [-0.2, 0) is 9.53 Å². The van der Waals surface area contributed by atoms with E-state index in [1.165, 1.54) is 13.2 Å². The van der Waals surface area contributed by atoms with Crippen LogP contribution in [-0.4, -0.2) is 32.3 Å². The van der Waals surface area contributed by atoms with Gasteiger partial charge in [0.1, 0.15) is 11.9 Å². The highest BCUT2D eigenvalue weighted by Gasteiger charge is 2.17. The van der Waals surface area contributed by atoms with Gasteiger partial charge in [-0.2, -0.15) is 0 Å². The molecule has 0 amide bonds. The number of carbonyl (C=O) groups excluding carboxylic acids is 1.